The molecule has 2 atom stereocenters. The molecule has 2 unspecified atom stereocenters. The number of aromatic nitrogens is 1. The normalized spacial score (nSPS) is 24.9. The van der Waals surface area contributed by atoms with Crippen molar-refractivity contribution < 1.29 is 9.59 Å². The highest BCUT2D eigenvalue weighted by molar-refractivity contribution is 7.18. The van der Waals surface area contributed by atoms with Crippen LogP contribution in [0.2, 0.25) is 0 Å². The molecule has 22 heavy (non-hydrogen) atoms. The summed E-state index contributed by atoms with van der Waals surface area (Å²) in [5.41, 5.74) is 0.996. The van der Waals surface area contributed by atoms with Gasteiger partial charge in [-0.25, -0.2) is 4.98 Å². The van der Waals surface area contributed by atoms with Crippen LogP contribution >= 0.6 is 11.3 Å². The predicted molar refractivity (Wildman–Crippen MR) is 84.5 cm³/mol. The van der Waals surface area contributed by atoms with E-state index in [0.29, 0.717) is 12.8 Å². The van der Waals surface area contributed by atoms with Gasteiger partial charge in [0.1, 0.15) is 11.0 Å². The number of para-hydroxylation sites is 1. The molecule has 0 radical (unpaired) electrons. The molecule has 6 heteroatoms. The fourth-order valence-corrected chi connectivity index (χ4v) is 4.43. The van der Waals surface area contributed by atoms with E-state index in [4.69, 9.17) is 4.98 Å². The summed E-state index contributed by atoms with van der Waals surface area (Å²) in [5, 5.41) is 3.79. The van der Waals surface area contributed by atoms with Gasteiger partial charge in [0.15, 0.2) is 0 Å². The van der Waals surface area contributed by atoms with E-state index in [1.54, 1.807) is 11.3 Å². The van der Waals surface area contributed by atoms with Crippen LogP contribution in [0.5, 0.6) is 0 Å². The number of amides is 2. The Hall–Kier alpha value is -1.95. The number of hydrogen-bond donors (Lipinski definition) is 1. The summed E-state index contributed by atoms with van der Waals surface area (Å²) >= 11 is 1.67. The molecule has 1 N–H and O–H groups in total. The maximum Gasteiger partial charge on any atom is 0.245 e. The van der Waals surface area contributed by atoms with Crippen molar-refractivity contribution in [3.63, 3.8) is 0 Å². The first kappa shape index (κ1) is 13.7. The van der Waals surface area contributed by atoms with Gasteiger partial charge in [-0.2, -0.15) is 0 Å². The average molecular weight is 315 g/mol. The fourth-order valence-electron chi connectivity index (χ4n) is 3.32. The molecule has 3 heterocycles. The van der Waals surface area contributed by atoms with Gasteiger partial charge in [-0.05, 0) is 31.4 Å². The Morgan fingerprint density at radius 1 is 1.32 bits per heavy atom. The number of nitrogens with one attached hydrogen (secondary N) is 1. The molecule has 0 saturated carbocycles. The molecule has 2 amide bonds. The van der Waals surface area contributed by atoms with Crippen molar-refractivity contribution in [2.45, 2.75) is 37.8 Å². The summed E-state index contributed by atoms with van der Waals surface area (Å²) in [7, 11) is 0. The average Bonchev–Trinajstić information content (AvgIpc) is 3.24. The molecule has 5 nitrogen and oxygen atoms in total. The standard InChI is InChI=1S/C16H17N3O2S/c20-14-8-7-11(17-14)16(21)19-9-3-5-12(19)15-18-10-4-1-2-6-13(10)22-15/h1-2,4,6,11-12H,3,5,7-9H2,(H,17,20). The quantitative estimate of drug-likeness (QED) is 0.924. The Balaban J connectivity index is 1.60. The number of hydrogen-bond acceptors (Lipinski definition) is 4. The van der Waals surface area contributed by atoms with Crippen molar-refractivity contribution in [2.75, 3.05) is 6.54 Å². The lowest BCUT2D eigenvalue weighted by atomic mass is 10.1. The molecule has 2 aliphatic rings. The number of thiazole rings is 1. The second kappa shape index (κ2) is 5.35. The third-order valence-electron chi connectivity index (χ3n) is 4.42. The monoisotopic (exact) mass is 315 g/mol. The van der Waals surface area contributed by atoms with E-state index < -0.39 is 0 Å². The minimum absolute atomic E-state index is 0.0194. The molecule has 0 bridgehead atoms. The van der Waals surface area contributed by atoms with Crippen LogP contribution in [-0.4, -0.2) is 34.3 Å². The van der Waals surface area contributed by atoms with Crippen molar-refractivity contribution in [1.29, 1.82) is 0 Å². The molecule has 1 aromatic heterocycles. The third kappa shape index (κ3) is 2.27. The summed E-state index contributed by atoms with van der Waals surface area (Å²) in [6.45, 7) is 0.756. The molecule has 0 spiro atoms. The Kier molecular flexibility index (Phi) is 3.33. The molecular formula is C16H17N3O2S. The first-order valence-electron chi connectivity index (χ1n) is 7.68. The molecule has 2 aromatic rings. The van der Waals surface area contributed by atoms with Gasteiger partial charge in [0.25, 0.3) is 0 Å². The van der Waals surface area contributed by atoms with E-state index >= 15 is 0 Å². The number of rotatable bonds is 2. The highest BCUT2D eigenvalue weighted by Crippen LogP contribution is 2.37. The second-order valence-corrected chi connectivity index (χ2v) is 6.93. The summed E-state index contributed by atoms with van der Waals surface area (Å²) < 4.78 is 1.16. The molecular weight excluding hydrogens is 298 g/mol. The molecule has 4 rings (SSSR count). The zero-order valence-electron chi connectivity index (χ0n) is 12.1. The van der Waals surface area contributed by atoms with Gasteiger partial charge >= 0.3 is 0 Å². The number of benzene rings is 1. The summed E-state index contributed by atoms with van der Waals surface area (Å²) in [6, 6.07) is 7.78. The Bertz CT molecular complexity index is 709. The number of fused-ring (bicyclic) bond motifs is 1. The van der Waals surface area contributed by atoms with Gasteiger partial charge < -0.3 is 10.2 Å². The Morgan fingerprint density at radius 3 is 2.95 bits per heavy atom. The van der Waals surface area contributed by atoms with E-state index in [1.807, 2.05) is 23.1 Å². The zero-order chi connectivity index (χ0) is 15.1. The van der Waals surface area contributed by atoms with Crippen LogP contribution in [0.3, 0.4) is 0 Å². The molecule has 2 saturated heterocycles. The van der Waals surface area contributed by atoms with Crippen LogP contribution < -0.4 is 5.32 Å². The fraction of sp³-hybridized carbons (Fsp3) is 0.438. The topological polar surface area (TPSA) is 62.3 Å². The highest BCUT2D eigenvalue weighted by atomic mass is 32.1. The van der Waals surface area contributed by atoms with Crippen LogP contribution in [0.4, 0.5) is 0 Å². The maximum absolute atomic E-state index is 12.7. The van der Waals surface area contributed by atoms with Gasteiger partial charge in [0.2, 0.25) is 11.8 Å². The van der Waals surface area contributed by atoms with Gasteiger partial charge in [0.05, 0.1) is 16.3 Å². The second-order valence-electron chi connectivity index (χ2n) is 5.87. The van der Waals surface area contributed by atoms with Gasteiger partial charge in [-0.15, -0.1) is 11.3 Å². The SMILES string of the molecule is O=C1CCC(C(=O)N2CCCC2c2nc3ccccc3s2)N1. The first-order chi connectivity index (χ1) is 10.7. The predicted octanol–water partition coefficient (Wildman–Crippen LogP) is 2.24. The molecule has 1 aromatic carbocycles. The summed E-state index contributed by atoms with van der Waals surface area (Å²) in [5.74, 6) is 0.0293. The van der Waals surface area contributed by atoms with Crippen LogP contribution in [-0.2, 0) is 9.59 Å². The van der Waals surface area contributed by atoms with E-state index in [-0.39, 0.29) is 23.9 Å². The van der Waals surface area contributed by atoms with E-state index in [9.17, 15) is 9.59 Å². The molecule has 2 fully saturated rings. The van der Waals surface area contributed by atoms with E-state index in [0.717, 1.165) is 34.6 Å². The Labute approximate surface area is 132 Å². The van der Waals surface area contributed by atoms with Crippen LogP contribution in [0.15, 0.2) is 24.3 Å². The van der Waals surface area contributed by atoms with Crippen LogP contribution in [0.25, 0.3) is 10.2 Å². The Morgan fingerprint density at radius 2 is 2.18 bits per heavy atom. The summed E-state index contributed by atoms with van der Waals surface area (Å²) in [4.78, 5) is 30.6. The smallest absolute Gasteiger partial charge is 0.245 e. The molecule has 0 aliphatic carbocycles. The van der Waals surface area contributed by atoms with Crippen molar-refractivity contribution in [2.24, 2.45) is 0 Å². The maximum atomic E-state index is 12.7. The largest absolute Gasteiger partial charge is 0.344 e. The van der Waals surface area contributed by atoms with E-state index in [1.165, 1.54) is 0 Å². The van der Waals surface area contributed by atoms with Gasteiger partial charge in [0, 0.05) is 13.0 Å². The third-order valence-corrected chi connectivity index (χ3v) is 5.56. The number of likely N-dealkylation sites (tertiary alicyclic amines) is 1. The van der Waals surface area contributed by atoms with Crippen molar-refractivity contribution in [1.82, 2.24) is 15.2 Å². The molecule has 2 aliphatic heterocycles. The lowest BCUT2D eigenvalue weighted by Crippen LogP contribution is -2.44. The van der Waals surface area contributed by atoms with E-state index in [2.05, 4.69) is 11.4 Å². The number of nitrogens with zero attached hydrogens (tertiary/aromatic N) is 2. The van der Waals surface area contributed by atoms with Crippen molar-refractivity contribution >= 4 is 33.4 Å². The lowest BCUT2D eigenvalue weighted by Gasteiger charge is -2.25. The lowest BCUT2D eigenvalue weighted by molar-refractivity contribution is -0.135. The van der Waals surface area contributed by atoms with Crippen LogP contribution in [0.1, 0.15) is 36.7 Å². The summed E-state index contributed by atoms with van der Waals surface area (Å²) in [6.07, 6.45) is 3.01. The molecule has 114 valence electrons. The minimum atomic E-state index is -0.345. The first-order valence-corrected chi connectivity index (χ1v) is 8.49. The zero-order valence-corrected chi connectivity index (χ0v) is 12.9. The van der Waals surface area contributed by atoms with Crippen molar-refractivity contribution in [3.05, 3.63) is 29.3 Å². The van der Waals surface area contributed by atoms with Crippen LogP contribution in [0, 0.1) is 0 Å². The highest BCUT2D eigenvalue weighted by Gasteiger charge is 2.37. The van der Waals surface area contributed by atoms with Gasteiger partial charge in [-0.1, -0.05) is 12.1 Å². The number of carbonyl (C=O) groups is 2. The number of carbonyl (C=O) groups excluding carboxylic acids is 2. The minimum Gasteiger partial charge on any atom is -0.344 e. The van der Waals surface area contributed by atoms with Gasteiger partial charge in [-0.3, -0.25) is 9.59 Å². The van der Waals surface area contributed by atoms with Crippen molar-refractivity contribution in [3.8, 4) is 0 Å².